The van der Waals surface area contributed by atoms with Gasteiger partial charge >= 0.3 is 6.18 Å². The van der Waals surface area contributed by atoms with E-state index in [2.05, 4.69) is 15.6 Å². The second-order valence-corrected chi connectivity index (χ2v) is 6.62. The van der Waals surface area contributed by atoms with Crippen molar-refractivity contribution in [3.05, 3.63) is 30.1 Å². The molecule has 0 unspecified atom stereocenters. The molecule has 0 spiro atoms. The molecule has 2 N–H and O–H groups in total. The maximum atomic E-state index is 13.5. The van der Waals surface area contributed by atoms with Gasteiger partial charge in [-0.15, -0.1) is 24.0 Å². The first-order valence-electron chi connectivity index (χ1n) is 6.64. The molecule has 0 fully saturated rings. The van der Waals surface area contributed by atoms with Crippen molar-refractivity contribution in [1.29, 1.82) is 0 Å². The number of halogens is 5. The highest BCUT2D eigenvalue weighted by Gasteiger charge is 2.26. The summed E-state index contributed by atoms with van der Waals surface area (Å²) >= 11 is 0. The second-order valence-electron chi connectivity index (χ2n) is 4.54. The van der Waals surface area contributed by atoms with Gasteiger partial charge in [-0.1, -0.05) is 12.1 Å². The molecule has 0 saturated carbocycles. The van der Waals surface area contributed by atoms with E-state index in [1.54, 1.807) is 0 Å². The number of benzene rings is 1. The van der Waals surface area contributed by atoms with Crippen LogP contribution < -0.4 is 10.6 Å². The molecule has 0 radical (unpaired) electrons. The van der Waals surface area contributed by atoms with Gasteiger partial charge in [0.05, 0.1) is 12.2 Å². The predicted octanol–water partition coefficient (Wildman–Crippen LogP) is 2.33. The first kappa shape index (κ1) is 22.9. The maximum Gasteiger partial charge on any atom is 0.390 e. The number of nitrogens with one attached hydrogen (secondary N) is 2. The Hall–Kier alpha value is -1.11. The van der Waals surface area contributed by atoms with Crippen LogP contribution in [0.1, 0.15) is 6.42 Å². The zero-order valence-electron chi connectivity index (χ0n) is 12.7. The number of nitrogens with zero attached hydrogens (tertiary/aromatic N) is 1. The maximum absolute atomic E-state index is 13.5. The summed E-state index contributed by atoms with van der Waals surface area (Å²) in [6.45, 7) is -0.508. The highest BCUT2D eigenvalue weighted by atomic mass is 127. The topological polar surface area (TPSA) is 70.6 Å². The molecule has 0 saturated heterocycles. The zero-order chi connectivity index (χ0) is 17.5. The van der Waals surface area contributed by atoms with Crippen LogP contribution in [-0.2, 0) is 9.84 Å². The third kappa shape index (κ3) is 8.13. The lowest BCUT2D eigenvalue weighted by atomic mass is 10.3. The second kappa shape index (κ2) is 10.0. The number of aliphatic imine (C=N–C) groups is 1. The van der Waals surface area contributed by atoms with Crippen LogP contribution in [0.4, 0.5) is 17.6 Å². The third-order valence-electron chi connectivity index (χ3n) is 2.76. The van der Waals surface area contributed by atoms with Crippen LogP contribution in [-0.4, -0.2) is 46.4 Å². The smallest absolute Gasteiger partial charge is 0.356 e. The highest BCUT2D eigenvalue weighted by molar-refractivity contribution is 14.0. The average molecular weight is 483 g/mol. The molecule has 5 nitrogen and oxygen atoms in total. The van der Waals surface area contributed by atoms with E-state index in [1.807, 2.05) is 0 Å². The van der Waals surface area contributed by atoms with Gasteiger partial charge in [-0.05, 0) is 12.1 Å². The van der Waals surface area contributed by atoms with E-state index >= 15 is 0 Å². The quantitative estimate of drug-likeness (QED) is 0.282. The number of rotatable bonds is 6. The van der Waals surface area contributed by atoms with Crippen molar-refractivity contribution in [3.63, 3.8) is 0 Å². The van der Waals surface area contributed by atoms with Gasteiger partial charge in [0.1, 0.15) is 10.7 Å². The fourth-order valence-electron chi connectivity index (χ4n) is 1.65. The van der Waals surface area contributed by atoms with Gasteiger partial charge in [0.25, 0.3) is 0 Å². The number of hydrogen-bond acceptors (Lipinski definition) is 3. The fraction of sp³-hybridized carbons (Fsp3) is 0.462. The summed E-state index contributed by atoms with van der Waals surface area (Å²) in [5.41, 5.74) is 0. The van der Waals surface area contributed by atoms with E-state index in [0.717, 1.165) is 12.1 Å². The van der Waals surface area contributed by atoms with Crippen LogP contribution in [0.2, 0.25) is 0 Å². The Labute approximate surface area is 154 Å². The van der Waals surface area contributed by atoms with Crippen LogP contribution in [0.5, 0.6) is 0 Å². The molecule has 0 amide bonds. The Morgan fingerprint density at radius 3 is 2.29 bits per heavy atom. The van der Waals surface area contributed by atoms with Gasteiger partial charge in [0.2, 0.25) is 0 Å². The summed E-state index contributed by atoms with van der Waals surface area (Å²) in [5.74, 6) is -1.23. The number of guanidine groups is 1. The first-order valence-corrected chi connectivity index (χ1v) is 8.29. The predicted molar refractivity (Wildman–Crippen MR) is 93.9 cm³/mol. The van der Waals surface area contributed by atoms with Crippen molar-refractivity contribution in [3.8, 4) is 0 Å². The monoisotopic (exact) mass is 483 g/mol. The molecule has 0 heterocycles. The van der Waals surface area contributed by atoms with Crippen molar-refractivity contribution in [1.82, 2.24) is 10.6 Å². The Bertz CT molecular complexity index is 651. The van der Waals surface area contributed by atoms with E-state index in [0.29, 0.717) is 0 Å². The van der Waals surface area contributed by atoms with E-state index in [-0.39, 0.29) is 43.0 Å². The average Bonchev–Trinajstić information content (AvgIpc) is 2.44. The van der Waals surface area contributed by atoms with Crippen LogP contribution in [0.3, 0.4) is 0 Å². The largest absolute Gasteiger partial charge is 0.390 e. The standard InChI is InChI=1S/C13H17F4N3O2S.HI/c1-18-12(19-7-6-13(15,16)17)20-8-9-23(21,22)11-5-3-2-4-10(11)14;/h2-5H,6-9H2,1H3,(H2,18,19,20);1H. The molecule has 11 heteroatoms. The fourth-order valence-corrected chi connectivity index (χ4v) is 2.90. The lowest BCUT2D eigenvalue weighted by Gasteiger charge is -2.13. The molecule has 0 bridgehead atoms. The lowest BCUT2D eigenvalue weighted by molar-refractivity contribution is -0.132. The minimum atomic E-state index is -4.29. The molecule has 1 rings (SSSR count). The third-order valence-corrected chi connectivity index (χ3v) is 4.50. The highest BCUT2D eigenvalue weighted by Crippen LogP contribution is 2.18. The summed E-state index contributed by atoms with van der Waals surface area (Å²) in [6.07, 6.45) is -5.33. The Kier molecular flexibility index (Phi) is 9.55. The minimum absolute atomic E-state index is 0. The van der Waals surface area contributed by atoms with E-state index in [1.165, 1.54) is 19.2 Å². The summed E-state index contributed by atoms with van der Waals surface area (Å²) < 4.78 is 73.5. The molecule has 1 aromatic rings. The molecule has 0 aliphatic carbocycles. The molecule has 138 valence electrons. The van der Waals surface area contributed by atoms with Crippen molar-refractivity contribution >= 4 is 39.8 Å². The lowest BCUT2D eigenvalue weighted by Crippen LogP contribution is -2.40. The van der Waals surface area contributed by atoms with E-state index < -0.39 is 38.9 Å². The van der Waals surface area contributed by atoms with E-state index in [9.17, 15) is 26.0 Å². The van der Waals surface area contributed by atoms with Crippen molar-refractivity contribution < 1.29 is 26.0 Å². The summed E-state index contributed by atoms with van der Waals surface area (Å²) in [6, 6.07) is 4.97. The summed E-state index contributed by atoms with van der Waals surface area (Å²) in [5, 5.41) is 4.98. The molecular weight excluding hydrogens is 465 g/mol. The Balaban J connectivity index is 0.00000529. The molecule has 0 aliphatic heterocycles. The SMILES string of the molecule is CN=C(NCCC(F)(F)F)NCCS(=O)(=O)c1ccccc1F.I. The number of hydrogen-bond donors (Lipinski definition) is 2. The van der Waals surface area contributed by atoms with Crippen LogP contribution in [0, 0.1) is 5.82 Å². The van der Waals surface area contributed by atoms with Crippen molar-refractivity contribution in [2.45, 2.75) is 17.5 Å². The summed E-state index contributed by atoms with van der Waals surface area (Å²) in [4.78, 5) is 3.26. The molecule has 0 atom stereocenters. The Morgan fingerprint density at radius 2 is 1.75 bits per heavy atom. The van der Waals surface area contributed by atoms with Gasteiger partial charge in [0.15, 0.2) is 15.8 Å². The molecule has 0 aromatic heterocycles. The number of sulfone groups is 1. The van der Waals surface area contributed by atoms with Crippen molar-refractivity contribution in [2.75, 3.05) is 25.9 Å². The molecule has 1 aromatic carbocycles. The van der Waals surface area contributed by atoms with Gasteiger partial charge < -0.3 is 10.6 Å². The zero-order valence-corrected chi connectivity index (χ0v) is 15.9. The van der Waals surface area contributed by atoms with Crippen molar-refractivity contribution in [2.24, 2.45) is 4.99 Å². The van der Waals surface area contributed by atoms with E-state index in [4.69, 9.17) is 0 Å². The minimum Gasteiger partial charge on any atom is -0.356 e. The number of alkyl halides is 3. The molecule has 24 heavy (non-hydrogen) atoms. The summed E-state index contributed by atoms with van der Waals surface area (Å²) in [7, 11) is -2.50. The normalized spacial score (nSPS) is 12.5. The van der Waals surface area contributed by atoms with Gasteiger partial charge in [-0.2, -0.15) is 13.2 Å². The first-order chi connectivity index (χ1) is 10.7. The molecular formula is C13H18F4IN3O2S. The van der Waals surface area contributed by atoms with Gasteiger partial charge in [-0.25, -0.2) is 12.8 Å². The van der Waals surface area contributed by atoms with Crippen LogP contribution >= 0.6 is 24.0 Å². The molecule has 0 aliphatic rings. The van der Waals surface area contributed by atoms with Gasteiger partial charge in [-0.3, -0.25) is 4.99 Å². The van der Waals surface area contributed by atoms with Crippen LogP contribution in [0.15, 0.2) is 34.2 Å². The van der Waals surface area contributed by atoms with Crippen LogP contribution in [0.25, 0.3) is 0 Å². The van der Waals surface area contributed by atoms with Gasteiger partial charge in [0, 0.05) is 20.1 Å². The Morgan fingerprint density at radius 1 is 1.17 bits per heavy atom.